The number of hydrogen-bond acceptors (Lipinski definition) is 7. The van der Waals surface area contributed by atoms with E-state index in [4.69, 9.17) is 16.7 Å². The van der Waals surface area contributed by atoms with Gasteiger partial charge < -0.3 is 20.0 Å². The predicted molar refractivity (Wildman–Crippen MR) is 118 cm³/mol. The van der Waals surface area contributed by atoms with Crippen molar-refractivity contribution in [2.45, 2.75) is 12.5 Å². The van der Waals surface area contributed by atoms with Gasteiger partial charge >= 0.3 is 6.03 Å². The molecule has 1 aliphatic rings. The summed E-state index contributed by atoms with van der Waals surface area (Å²) in [5.74, 6) is 0.284. The van der Waals surface area contributed by atoms with E-state index in [0.717, 1.165) is 5.56 Å². The van der Waals surface area contributed by atoms with Crippen LogP contribution in [0.15, 0.2) is 30.5 Å². The minimum Gasteiger partial charge on any atom is -0.394 e. The molecule has 11 heteroatoms. The molecule has 0 radical (unpaired) electrons. The van der Waals surface area contributed by atoms with E-state index in [1.807, 2.05) is 4.90 Å². The lowest BCUT2D eigenvalue weighted by atomic mass is 10.1. The Bertz CT molecular complexity index is 1090. The van der Waals surface area contributed by atoms with Crippen molar-refractivity contribution in [2.24, 2.45) is 0 Å². The standard InChI is InChI=1S/C20H21ClFN5O3S/c21-15-8-12(7-14(29)11-28)10-23-18(15)26-3-5-27(6-4-26)20(30)25-19-24-16-2-1-13(22)9-17(16)31-19/h1-2,8-10,14,28-29H,3-7,11H2,(H,24,25,30)/t14-/m0/s1. The van der Waals surface area contributed by atoms with Gasteiger partial charge in [-0.3, -0.25) is 5.32 Å². The zero-order valence-electron chi connectivity index (χ0n) is 16.5. The second-order valence-electron chi connectivity index (χ2n) is 7.22. The number of urea groups is 1. The third-order valence-corrected chi connectivity index (χ3v) is 6.20. The quantitative estimate of drug-likeness (QED) is 0.535. The summed E-state index contributed by atoms with van der Waals surface area (Å²) in [5, 5.41) is 22.2. The van der Waals surface area contributed by atoms with E-state index < -0.39 is 6.10 Å². The van der Waals surface area contributed by atoms with E-state index in [1.54, 1.807) is 23.2 Å². The molecule has 0 unspecified atom stereocenters. The first-order valence-corrected chi connectivity index (χ1v) is 10.9. The monoisotopic (exact) mass is 465 g/mol. The molecular weight excluding hydrogens is 445 g/mol. The van der Waals surface area contributed by atoms with Crippen LogP contribution in [-0.2, 0) is 6.42 Å². The van der Waals surface area contributed by atoms with Crippen LogP contribution >= 0.6 is 22.9 Å². The van der Waals surface area contributed by atoms with Gasteiger partial charge in [0.25, 0.3) is 0 Å². The summed E-state index contributed by atoms with van der Waals surface area (Å²) in [6.45, 7) is 1.76. The van der Waals surface area contributed by atoms with Crippen molar-refractivity contribution < 1.29 is 19.4 Å². The van der Waals surface area contributed by atoms with Gasteiger partial charge in [-0.25, -0.2) is 19.2 Å². The van der Waals surface area contributed by atoms with Gasteiger partial charge in [0.2, 0.25) is 0 Å². The van der Waals surface area contributed by atoms with Crippen LogP contribution in [0, 0.1) is 5.82 Å². The number of piperazine rings is 1. The number of amides is 2. The Morgan fingerprint density at radius 3 is 2.77 bits per heavy atom. The first kappa shape index (κ1) is 21.7. The highest BCUT2D eigenvalue weighted by atomic mass is 35.5. The van der Waals surface area contributed by atoms with Crippen LogP contribution in [-0.4, -0.2) is 70.0 Å². The molecule has 31 heavy (non-hydrogen) atoms. The largest absolute Gasteiger partial charge is 0.394 e. The average Bonchev–Trinajstić information content (AvgIpc) is 3.15. The number of pyridine rings is 1. The lowest BCUT2D eigenvalue weighted by Crippen LogP contribution is -2.50. The molecule has 2 aromatic heterocycles. The highest BCUT2D eigenvalue weighted by Crippen LogP contribution is 2.28. The number of rotatable bonds is 5. The summed E-state index contributed by atoms with van der Waals surface area (Å²) in [5.41, 5.74) is 1.38. The van der Waals surface area contributed by atoms with Crippen molar-refractivity contribution in [3.8, 4) is 0 Å². The van der Waals surface area contributed by atoms with E-state index in [9.17, 15) is 14.3 Å². The molecule has 0 spiro atoms. The highest BCUT2D eigenvalue weighted by molar-refractivity contribution is 7.22. The minimum absolute atomic E-state index is 0.258. The molecule has 0 aliphatic carbocycles. The van der Waals surface area contributed by atoms with Crippen LogP contribution in [0.5, 0.6) is 0 Å². The highest BCUT2D eigenvalue weighted by Gasteiger charge is 2.24. The molecule has 8 nitrogen and oxygen atoms in total. The maximum atomic E-state index is 13.3. The van der Waals surface area contributed by atoms with E-state index >= 15 is 0 Å². The van der Waals surface area contributed by atoms with Crippen molar-refractivity contribution in [3.63, 3.8) is 0 Å². The molecule has 3 heterocycles. The maximum absolute atomic E-state index is 13.3. The Morgan fingerprint density at radius 2 is 2.06 bits per heavy atom. The summed E-state index contributed by atoms with van der Waals surface area (Å²) < 4.78 is 14.0. The fourth-order valence-electron chi connectivity index (χ4n) is 3.40. The summed E-state index contributed by atoms with van der Waals surface area (Å²) in [6.07, 6.45) is 1.06. The second kappa shape index (κ2) is 9.31. The van der Waals surface area contributed by atoms with Crippen molar-refractivity contribution >= 4 is 50.1 Å². The van der Waals surface area contributed by atoms with E-state index in [-0.39, 0.29) is 24.9 Å². The number of carbonyl (C=O) groups is 1. The average molecular weight is 466 g/mol. The number of hydrogen-bond donors (Lipinski definition) is 3. The fraction of sp³-hybridized carbons (Fsp3) is 0.350. The smallest absolute Gasteiger partial charge is 0.323 e. The third kappa shape index (κ3) is 5.04. The number of aliphatic hydroxyl groups excluding tert-OH is 2. The normalized spacial score (nSPS) is 15.4. The lowest BCUT2D eigenvalue weighted by Gasteiger charge is -2.35. The van der Waals surface area contributed by atoms with Gasteiger partial charge in [-0.15, -0.1) is 0 Å². The van der Waals surface area contributed by atoms with Gasteiger partial charge in [-0.2, -0.15) is 0 Å². The number of fused-ring (bicyclic) bond motifs is 1. The molecule has 0 bridgehead atoms. The Kier molecular flexibility index (Phi) is 6.51. The number of anilines is 2. The van der Waals surface area contributed by atoms with Crippen LogP contribution in [0.4, 0.5) is 20.1 Å². The summed E-state index contributed by atoms with van der Waals surface area (Å²) in [7, 11) is 0. The number of carbonyl (C=O) groups excluding carboxylic acids is 1. The molecule has 2 amide bonds. The Morgan fingerprint density at radius 1 is 1.29 bits per heavy atom. The van der Waals surface area contributed by atoms with Gasteiger partial charge in [0.1, 0.15) is 11.6 Å². The molecule has 4 rings (SSSR count). The lowest BCUT2D eigenvalue weighted by molar-refractivity contribution is 0.0954. The Balaban J connectivity index is 1.35. The number of aromatic nitrogens is 2. The minimum atomic E-state index is -0.847. The molecule has 1 fully saturated rings. The molecule has 3 aromatic rings. The van der Waals surface area contributed by atoms with Crippen LogP contribution < -0.4 is 10.2 Å². The van der Waals surface area contributed by atoms with Crippen molar-refractivity contribution in [1.82, 2.24) is 14.9 Å². The molecule has 1 atom stereocenters. The molecule has 1 saturated heterocycles. The number of halogens is 2. The van der Waals surface area contributed by atoms with Crippen molar-refractivity contribution in [3.05, 3.63) is 46.9 Å². The SMILES string of the molecule is O=C(Nc1nc2ccc(F)cc2s1)N1CCN(c2ncc(C[C@H](O)CO)cc2Cl)CC1. The first-order valence-electron chi connectivity index (χ1n) is 9.73. The predicted octanol–water partition coefficient (Wildman–Crippen LogP) is 2.73. The molecular formula is C20H21ClFN5O3S. The second-order valence-corrected chi connectivity index (χ2v) is 8.66. The van der Waals surface area contributed by atoms with Crippen LogP contribution in [0.3, 0.4) is 0 Å². The van der Waals surface area contributed by atoms with Gasteiger partial charge in [0, 0.05) is 38.8 Å². The molecule has 0 saturated carbocycles. The van der Waals surface area contributed by atoms with E-state index in [0.29, 0.717) is 52.4 Å². The van der Waals surface area contributed by atoms with Gasteiger partial charge in [-0.1, -0.05) is 22.9 Å². The zero-order chi connectivity index (χ0) is 22.0. The fourth-order valence-corrected chi connectivity index (χ4v) is 4.58. The zero-order valence-corrected chi connectivity index (χ0v) is 18.0. The van der Waals surface area contributed by atoms with Crippen LogP contribution in [0.25, 0.3) is 10.2 Å². The molecule has 1 aromatic carbocycles. The van der Waals surface area contributed by atoms with Gasteiger partial charge in [0.05, 0.1) is 28.0 Å². The summed E-state index contributed by atoms with van der Waals surface area (Å²) >= 11 is 7.60. The number of nitrogens with zero attached hydrogens (tertiary/aromatic N) is 4. The first-order chi connectivity index (χ1) is 14.9. The van der Waals surface area contributed by atoms with E-state index in [1.165, 1.54) is 23.5 Å². The van der Waals surface area contributed by atoms with Gasteiger partial charge in [0.15, 0.2) is 5.13 Å². The Labute approximate surface area is 186 Å². The number of benzene rings is 1. The third-order valence-electron chi connectivity index (χ3n) is 4.99. The maximum Gasteiger partial charge on any atom is 0.323 e. The molecule has 3 N–H and O–H groups in total. The molecule has 1 aliphatic heterocycles. The number of nitrogens with one attached hydrogen (secondary N) is 1. The number of thiazole rings is 1. The Hall–Kier alpha value is -2.53. The van der Waals surface area contributed by atoms with Crippen LogP contribution in [0.2, 0.25) is 5.02 Å². The topological polar surface area (TPSA) is 102 Å². The van der Waals surface area contributed by atoms with E-state index in [2.05, 4.69) is 15.3 Å². The van der Waals surface area contributed by atoms with Crippen molar-refractivity contribution in [2.75, 3.05) is 43.0 Å². The molecule has 164 valence electrons. The van der Waals surface area contributed by atoms with Gasteiger partial charge in [-0.05, 0) is 29.8 Å². The summed E-state index contributed by atoms with van der Waals surface area (Å²) in [6, 6.07) is 5.80. The van der Waals surface area contributed by atoms with Crippen LogP contribution in [0.1, 0.15) is 5.56 Å². The van der Waals surface area contributed by atoms with Crippen molar-refractivity contribution in [1.29, 1.82) is 0 Å². The number of aliphatic hydroxyl groups is 2. The summed E-state index contributed by atoms with van der Waals surface area (Å²) in [4.78, 5) is 25.0.